The first-order chi connectivity index (χ1) is 8.91. The minimum atomic E-state index is -0.0196. The first-order valence-corrected chi connectivity index (χ1v) is 6.74. The molecular formula is C15H17Cl2NO. The molecule has 4 heteroatoms. The molecule has 2 nitrogen and oxygen atoms in total. The number of hydrogen-bond acceptors (Lipinski definition) is 1. The summed E-state index contributed by atoms with van der Waals surface area (Å²) < 4.78 is 0. The zero-order valence-corrected chi connectivity index (χ0v) is 12.7. The van der Waals surface area contributed by atoms with Gasteiger partial charge in [-0.25, -0.2) is 0 Å². The molecule has 0 aliphatic carbocycles. The summed E-state index contributed by atoms with van der Waals surface area (Å²) in [4.78, 5) is 13.3. The number of carbonyl (C=O) groups excluding carboxylic acids is 1. The Balaban J connectivity index is 2.63. The van der Waals surface area contributed by atoms with Gasteiger partial charge in [-0.05, 0) is 31.5 Å². The number of likely N-dealkylation sites (N-methyl/N-ethyl adjacent to an activating group) is 1. The fourth-order valence-corrected chi connectivity index (χ4v) is 1.60. The van der Waals surface area contributed by atoms with Crippen LogP contribution >= 0.6 is 23.2 Å². The molecule has 1 aromatic carbocycles. The van der Waals surface area contributed by atoms with Gasteiger partial charge in [-0.15, -0.1) is 0 Å². The van der Waals surface area contributed by atoms with E-state index >= 15 is 0 Å². The van der Waals surface area contributed by atoms with Crippen molar-refractivity contribution in [1.82, 2.24) is 4.90 Å². The highest BCUT2D eigenvalue weighted by Crippen LogP contribution is 2.23. The maximum Gasteiger partial charge on any atom is 0.246 e. The number of nitrogens with zero attached hydrogens (tertiary/aromatic N) is 1. The molecule has 0 radical (unpaired) electrons. The Morgan fingerprint density at radius 3 is 2.47 bits per heavy atom. The largest absolute Gasteiger partial charge is 0.340 e. The second-order valence-electron chi connectivity index (χ2n) is 4.43. The van der Waals surface area contributed by atoms with Crippen LogP contribution in [0.25, 0.3) is 6.08 Å². The average Bonchev–Trinajstić information content (AvgIpc) is 2.37. The van der Waals surface area contributed by atoms with Gasteiger partial charge in [0, 0.05) is 19.2 Å². The summed E-state index contributed by atoms with van der Waals surface area (Å²) in [6, 6.07) is 5.57. The van der Waals surface area contributed by atoms with E-state index in [-0.39, 0.29) is 11.9 Å². The molecule has 0 bridgehead atoms. The lowest BCUT2D eigenvalue weighted by Crippen LogP contribution is -2.31. The number of halogens is 2. The van der Waals surface area contributed by atoms with Crippen LogP contribution < -0.4 is 0 Å². The van der Waals surface area contributed by atoms with Gasteiger partial charge in [0.25, 0.3) is 0 Å². The van der Waals surface area contributed by atoms with Gasteiger partial charge in [0.05, 0.1) is 10.0 Å². The van der Waals surface area contributed by atoms with E-state index in [1.54, 1.807) is 36.2 Å². The summed E-state index contributed by atoms with van der Waals surface area (Å²) in [7, 11) is 1.78. The van der Waals surface area contributed by atoms with Gasteiger partial charge in [0.2, 0.25) is 5.91 Å². The van der Waals surface area contributed by atoms with Crippen molar-refractivity contribution in [2.75, 3.05) is 7.05 Å². The molecule has 0 atom stereocenters. The number of carbonyl (C=O) groups is 1. The van der Waals surface area contributed by atoms with E-state index in [1.165, 1.54) is 6.08 Å². The van der Waals surface area contributed by atoms with Crippen LogP contribution in [0.15, 0.2) is 36.4 Å². The highest BCUT2D eigenvalue weighted by atomic mass is 35.5. The van der Waals surface area contributed by atoms with Crippen LogP contribution in [0.3, 0.4) is 0 Å². The number of hydrogen-bond donors (Lipinski definition) is 0. The molecular weight excluding hydrogens is 281 g/mol. The molecule has 0 aliphatic heterocycles. The minimum Gasteiger partial charge on any atom is -0.340 e. The number of amides is 1. The van der Waals surface area contributed by atoms with Crippen molar-refractivity contribution >= 4 is 35.2 Å². The summed E-state index contributed by atoms with van der Waals surface area (Å²) in [6.07, 6.45) is 6.91. The second-order valence-corrected chi connectivity index (χ2v) is 5.25. The van der Waals surface area contributed by atoms with Gasteiger partial charge in [0.15, 0.2) is 0 Å². The van der Waals surface area contributed by atoms with Crippen molar-refractivity contribution in [1.29, 1.82) is 0 Å². The van der Waals surface area contributed by atoms with Crippen LogP contribution in [0.2, 0.25) is 10.0 Å². The summed E-state index contributed by atoms with van der Waals surface area (Å²) in [5.41, 5.74) is 0.934. The highest BCUT2D eigenvalue weighted by molar-refractivity contribution is 6.42. The Labute approximate surface area is 124 Å². The fourth-order valence-electron chi connectivity index (χ4n) is 1.29. The molecule has 0 aromatic heterocycles. The smallest absolute Gasteiger partial charge is 0.246 e. The number of rotatable bonds is 4. The van der Waals surface area contributed by atoms with E-state index in [0.717, 1.165) is 5.56 Å². The van der Waals surface area contributed by atoms with E-state index in [2.05, 4.69) is 0 Å². The van der Waals surface area contributed by atoms with Gasteiger partial charge < -0.3 is 4.90 Å². The van der Waals surface area contributed by atoms with Crippen LogP contribution in [0, 0.1) is 0 Å². The first kappa shape index (κ1) is 15.8. The van der Waals surface area contributed by atoms with Gasteiger partial charge in [-0.1, -0.05) is 47.5 Å². The summed E-state index contributed by atoms with van der Waals surface area (Å²) >= 11 is 11.7. The van der Waals surface area contributed by atoms with E-state index < -0.39 is 0 Å². The maximum atomic E-state index is 11.7. The van der Waals surface area contributed by atoms with Crippen molar-refractivity contribution in [2.45, 2.75) is 19.9 Å². The molecule has 1 aromatic rings. The second kappa shape index (κ2) is 7.37. The van der Waals surface area contributed by atoms with Crippen molar-refractivity contribution in [3.63, 3.8) is 0 Å². The molecule has 0 unspecified atom stereocenters. The predicted molar refractivity (Wildman–Crippen MR) is 82.5 cm³/mol. The van der Waals surface area contributed by atoms with Gasteiger partial charge >= 0.3 is 0 Å². The Morgan fingerprint density at radius 1 is 1.21 bits per heavy atom. The minimum absolute atomic E-state index is 0.0196. The van der Waals surface area contributed by atoms with Gasteiger partial charge in [0.1, 0.15) is 0 Å². The third-order valence-corrected chi connectivity index (χ3v) is 3.44. The Kier molecular flexibility index (Phi) is 6.13. The van der Waals surface area contributed by atoms with Crippen LogP contribution in [-0.4, -0.2) is 23.9 Å². The van der Waals surface area contributed by atoms with Gasteiger partial charge in [-0.2, -0.15) is 0 Å². The van der Waals surface area contributed by atoms with Crippen molar-refractivity contribution in [3.05, 3.63) is 52.0 Å². The van der Waals surface area contributed by atoms with Crippen molar-refractivity contribution < 1.29 is 4.79 Å². The molecule has 0 saturated heterocycles. The molecule has 0 heterocycles. The average molecular weight is 298 g/mol. The predicted octanol–water partition coefficient (Wildman–Crippen LogP) is 4.43. The first-order valence-electron chi connectivity index (χ1n) is 5.98. The van der Waals surface area contributed by atoms with Crippen molar-refractivity contribution in [3.8, 4) is 0 Å². The fraction of sp³-hybridized carbons (Fsp3) is 0.267. The van der Waals surface area contributed by atoms with Crippen LogP contribution in [0.1, 0.15) is 19.4 Å². The quantitative estimate of drug-likeness (QED) is 0.595. The molecule has 0 aliphatic rings. The summed E-state index contributed by atoms with van der Waals surface area (Å²) in [6.45, 7) is 3.94. The van der Waals surface area contributed by atoms with Crippen LogP contribution in [-0.2, 0) is 4.79 Å². The Bertz CT molecular complexity index is 507. The molecule has 1 rings (SSSR count). The third kappa shape index (κ3) is 5.09. The summed E-state index contributed by atoms with van der Waals surface area (Å²) in [5.74, 6) is -0.0196. The zero-order valence-electron chi connectivity index (χ0n) is 11.2. The van der Waals surface area contributed by atoms with Gasteiger partial charge in [-0.3, -0.25) is 4.79 Å². The molecule has 0 N–H and O–H groups in total. The molecule has 1 amide bonds. The maximum absolute atomic E-state index is 11.7. The van der Waals surface area contributed by atoms with Crippen LogP contribution in [0.4, 0.5) is 0 Å². The van der Waals surface area contributed by atoms with Crippen LogP contribution in [0.5, 0.6) is 0 Å². The Morgan fingerprint density at radius 2 is 1.89 bits per heavy atom. The van der Waals surface area contributed by atoms with E-state index in [0.29, 0.717) is 10.0 Å². The normalized spacial score (nSPS) is 11.7. The lowest BCUT2D eigenvalue weighted by Gasteiger charge is -2.19. The topological polar surface area (TPSA) is 20.3 Å². The lowest BCUT2D eigenvalue weighted by atomic mass is 10.2. The van der Waals surface area contributed by atoms with Crippen molar-refractivity contribution in [2.24, 2.45) is 0 Å². The highest BCUT2D eigenvalue weighted by Gasteiger charge is 2.06. The SMILES string of the molecule is CC(C)N(C)C(=O)/C=C/C=C/c1ccc(Cl)c(Cl)c1. The van der Waals surface area contributed by atoms with E-state index in [1.807, 2.05) is 26.0 Å². The lowest BCUT2D eigenvalue weighted by molar-refractivity contribution is -0.126. The molecule has 0 fully saturated rings. The molecule has 0 saturated carbocycles. The molecule has 102 valence electrons. The summed E-state index contributed by atoms with van der Waals surface area (Å²) in [5, 5.41) is 1.05. The third-order valence-electron chi connectivity index (χ3n) is 2.70. The molecule has 0 spiro atoms. The zero-order chi connectivity index (χ0) is 14.4. The number of benzene rings is 1. The number of allylic oxidation sites excluding steroid dienone is 2. The standard InChI is InChI=1S/C15H17Cl2NO/c1-11(2)18(3)15(19)7-5-4-6-12-8-9-13(16)14(17)10-12/h4-11H,1-3H3/b6-4+,7-5+. The van der Waals surface area contributed by atoms with E-state index in [9.17, 15) is 4.79 Å². The Hall–Kier alpha value is -1.25. The monoisotopic (exact) mass is 297 g/mol. The molecule has 19 heavy (non-hydrogen) atoms. The van der Waals surface area contributed by atoms with E-state index in [4.69, 9.17) is 23.2 Å².